The zero-order valence-corrected chi connectivity index (χ0v) is 23.3. The Bertz CT molecular complexity index is 1670. The third-order valence-electron chi connectivity index (χ3n) is 8.11. The molecule has 0 aliphatic carbocycles. The van der Waals surface area contributed by atoms with Crippen molar-refractivity contribution >= 4 is 34.8 Å². The highest BCUT2D eigenvalue weighted by molar-refractivity contribution is 6.30. The lowest BCUT2D eigenvalue weighted by Gasteiger charge is -2.32. The molecule has 0 bridgehead atoms. The molecule has 10 heteroatoms. The first-order valence-corrected chi connectivity index (χ1v) is 14.2. The summed E-state index contributed by atoms with van der Waals surface area (Å²) in [5.74, 6) is 1.62. The van der Waals surface area contributed by atoms with Crippen LogP contribution in [-0.2, 0) is 17.1 Å². The molecular formula is C31H29ClN4O5. The van der Waals surface area contributed by atoms with Crippen LogP contribution in [0.25, 0.3) is 17.2 Å². The molecule has 0 unspecified atom stereocenters. The number of aromatic nitrogens is 3. The molecule has 41 heavy (non-hydrogen) atoms. The first-order valence-electron chi connectivity index (χ1n) is 13.8. The van der Waals surface area contributed by atoms with E-state index in [0.717, 1.165) is 72.0 Å². The second-order valence-electron chi connectivity index (χ2n) is 10.8. The number of hydrogen-bond donors (Lipinski definition) is 1. The van der Waals surface area contributed by atoms with Gasteiger partial charge in [0.15, 0.2) is 11.5 Å². The molecule has 2 fully saturated rings. The smallest absolute Gasteiger partial charge is 0.335 e. The van der Waals surface area contributed by atoms with E-state index in [1.807, 2.05) is 35.9 Å². The monoisotopic (exact) mass is 572 g/mol. The lowest BCUT2D eigenvalue weighted by Crippen LogP contribution is -2.34. The Morgan fingerprint density at radius 3 is 2.71 bits per heavy atom. The number of ether oxygens (including phenoxy) is 3. The number of aromatic carboxylic acids is 1. The number of imidazole rings is 1. The standard InChI is InChI=1S/C31H29ClN4O5/c1-31(27-8-6-21(32)16-33-27)40-26-4-2-3-23(29(26)41-31)19-9-12-35(13-10-19)18-28-34-24-7-5-20(30(37)38)15-25(24)36(28)17-22-11-14-39-22/h2-8,15-17,19H,9-14,18H2,1H3,(H,37,38)/b22-17-/t31-/m0/s1. The Hall–Kier alpha value is -4.08. The number of carbonyl (C=O) groups is 1. The van der Waals surface area contributed by atoms with Gasteiger partial charge in [-0.1, -0.05) is 23.7 Å². The molecule has 9 nitrogen and oxygen atoms in total. The number of fused-ring (bicyclic) bond motifs is 2. The van der Waals surface area contributed by atoms with Crippen molar-refractivity contribution in [3.05, 3.63) is 88.2 Å². The highest BCUT2D eigenvalue weighted by atomic mass is 35.5. The number of rotatable bonds is 6. The van der Waals surface area contributed by atoms with Crippen LogP contribution in [0.15, 0.2) is 60.5 Å². The van der Waals surface area contributed by atoms with Crippen LogP contribution in [0, 0.1) is 0 Å². The topological polar surface area (TPSA) is 98.9 Å². The maximum atomic E-state index is 11.6. The number of likely N-dealkylation sites (tertiary alicyclic amines) is 1. The third-order valence-corrected chi connectivity index (χ3v) is 8.34. The SMILES string of the molecule is C[C@]1(c2ccc(Cl)cn2)Oc2cccc(C3CCN(Cc4nc5ccc(C(=O)O)cc5n4/C=C4/CCO4)CC3)c2O1. The zero-order chi connectivity index (χ0) is 28.1. The minimum Gasteiger partial charge on any atom is -0.496 e. The molecule has 0 saturated carbocycles. The summed E-state index contributed by atoms with van der Waals surface area (Å²) in [6.07, 6.45) is 6.34. The summed E-state index contributed by atoms with van der Waals surface area (Å²) in [7, 11) is 0. The van der Waals surface area contributed by atoms with Gasteiger partial charge in [0.05, 0.1) is 34.8 Å². The minimum atomic E-state index is -1.01. The van der Waals surface area contributed by atoms with E-state index in [-0.39, 0.29) is 5.56 Å². The second kappa shape index (κ2) is 10.1. The fourth-order valence-electron chi connectivity index (χ4n) is 5.82. The molecule has 0 spiro atoms. The predicted octanol–water partition coefficient (Wildman–Crippen LogP) is 6.03. The highest BCUT2D eigenvalue weighted by Crippen LogP contribution is 2.49. The number of para-hydroxylation sites is 1. The molecule has 0 radical (unpaired) electrons. The molecule has 2 aromatic heterocycles. The fourth-order valence-corrected chi connectivity index (χ4v) is 5.93. The molecule has 0 amide bonds. The normalized spacial score (nSPS) is 21.7. The van der Waals surface area contributed by atoms with E-state index >= 15 is 0 Å². The molecule has 210 valence electrons. The maximum absolute atomic E-state index is 11.6. The zero-order valence-electron chi connectivity index (χ0n) is 22.5. The molecule has 1 N–H and O–H groups in total. The van der Waals surface area contributed by atoms with Gasteiger partial charge in [0.25, 0.3) is 5.79 Å². The van der Waals surface area contributed by atoms with Crippen LogP contribution < -0.4 is 9.47 Å². The molecule has 2 saturated heterocycles. The number of nitrogens with zero attached hydrogens (tertiary/aromatic N) is 4. The quantitative estimate of drug-likeness (QED) is 0.299. The van der Waals surface area contributed by atoms with E-state index < -0.39 is 11.8 Å². The first kappa shape index (κ1) is 25.9. The van der Waals surface area contributed by atoms with Gasteiger partial charge in [-0.25, -0.2) is 9.78 Å². The van der Waals surface area contributed by atoms with Gasteiger partial charge in [-0.3, -0.25) is 14.5 Å². The predicted molar refractivity (Wildman–Crippen MR) is 153 cm³/mol. The van der Waals surface area contributed by atoms with Crippen molar-refractivity contribution in [2.75, 3.05) is 19.7 Å². The fraction of sp³-hybridized carbons (Fsp3) is 0.323. The Balaban J connectivity index is 1.09. The van der Waals surface area contributed by atoms with Gasteiger partial charge < -0.3 is 19.3 Å². The highest BCUT2D eigenvalue weighted by Gasteiger charge is 2.42. The second-order valence-corrected chi connectivity index (χ2v) is 11.3. The van der Waals surface area contributed by atoms with Gasteiger partial charge in [0, 0.05) is 31.3 Å². The summed E-state index contributed by atoms with van der Waals surface area (Å²) >= 11 is 6.04. The van der Waals surface area contributed by atoms with Crippen LogP contribution in [-0.4, -0.2) is 50.2 Å². The van der Waals surface area contributed by atoms with Crippen molar-refractivity contribution in [1.29, 1.82) is 0 Å². The van der Waals surface area contributed by atoms with E-state index in [0.29, 0.717) is 29.8 Å². The molecule has 3 aliphatic heterocycles. The summed E-state index contributed by atoms with van der Waals surface area (Å²) in [6.45, 7) is 5.02. The van der Waals surface area contributed by atoms with Crippen molar-refractivity contribution < 1.29 is 24.1 Å². The summed E-state index contributed by atoms with van der Waals surface area (Å²) in [5.41, 5.74) is 3.60. The van der Waals surface area contributed by atoms with Gasteiger partial charge >= 0.3 is 5.97 Å². The van der Waals surface area contributed by atoms with E-state index in [4.69, 9.17) is 30.8 Å². The summed E-state index contributed by atoms with van der Waals surface area (Å²) in [5, 5.41) is 10.1. The average molecular weight is 573 g/mol. The summed E-state index contributed by atoms with van der Waals surface area (Å²) in [6, 6.07) is 14.8. The molecule has 3 aliphatic rings. The van der Waals surface area contributed by atoms with Crippen molar-refractivity contribution in [3.8, 4) is 11.5 Å². The van der Waals surface area contributed by atoms with Gasteiger partial charge in [-0.05, 0) is 68.2 Å². The van der Waals surface area contributed by atoms with Crippen molar-refractivity contribution in [1.82, 2.24) is 19.4 Å². The van der Waals surface area contributed by atoms with Crippen LogP contribution in [0.5, 0.6) is 11.5 Å². The number of carboxylic acid groups (broad SMARTS) is 1. The Labute approximate surface area is 241 Å². The molecular weight excluding hydrogens is 544 g/mol. The number of benzene rings is 2. The number of carboxylic acids is 1. The molecule has 7 rings (SSSR count). The molecule has 5 heterocycles. The maximum Gasteiger partial charge on any atom is 0.335 e. The van der Waals surface area contributed by atoms with Gasteiger partial charge in [-0.15, -0.1) is 0 Å². The largest absolute Gasteiger partial charge is 0.496 e. The third kappa shape index (κ3) is 4.79. The van der Waals surface area contributed by atoms with E-state index in [1.54, 1.807) is 30.5 Å². The van der Waals surface area contributed by atoms with E-state index in [1.165, 1.54) is 0 Å². The number of piperidine rings is 1. The Kier molecular flexibility index (Phi) is 6.36. The van der Waals surface area contributed by atoms with E-state index in [2.05, 4.69) is 16.0 Å². The average Bonchev–Trinajstić information content (AvgIpc) is 3.47. The van der Waals surface area contributed by atoms with Crippen LogP contribution >= 0.6 is 11.6 Å². The Morgan fingerprint density at radius 2 is 2.00 bits per heavy atom. The van der Waals surface area contributed by atoms with E-state index in [9.17, 15) is 9.90 Å². The lowest BCUT2D eigenvalue weighted by molar-refractivity contribution is -0.0722. The van der Waals surface area contributed by atoms with Crippen molar-refractivity contribution in [2.24, 2.45) is 0 Å². The van der Waals surface area contributed by atoms with Crippen molar-refractivity contribution in [3.63, 3.8) is 0 Å². The van der Waals surface area contributed by atoms with Crippen molar-refractivity contribution in [2.45, 2.75) is 44.4 Å². The summed E-state index contributed by atoms with van der Waals surface area (Å²) in [4.78, 5) is 23.3. The number of pyridine rings is 1. The number of hydrogen-bond acceptors (Lipinski definition) is 7. The first-order chi connectivity index (χ1) is 19.9. The summed E-state index contributed by atoms with van der Waals surface area (Å²) < 4.78 is 20.3. The number of halogens is 1. The molecule has 2 aromatic carbocycles. The van der Waals surface area contributed by atoms with Crippen LogP contribution in [0.2, 0.25) is 5.02 Å². The lowest BCUT2D eigenvalue weighted by atomic mass is 9.88. The minimum absolute atomic E-state index is 0.239. The van der Waals surface area contributed by atoms with Crippen LogP contribution in [0.1, 0.15) is 59.5 Å². The van der Waals surface area contributed by atoms with Gasteiger partial charge in [0.2, 0.25) is 0 Å². The molecule has 1 atom stereocenters. The molecule has 4 aromatic rings. The van der Waals surface area contributed by atoms with Gasteiger partial charge in [-0.2, -0.15) is 0 Å². The van der Waals surface area contributed by atoms with Gasteiger partial charge in [0.1, 0.15) is 17.3 Å². The van der Waals surface area contributed by atoms with Crippen LogP contribution in [0.3, 0.4) is 0 Å². The van der Waals surface area contributed by atoms with Crippen LogP contribution in [0.4, 0.5) is 0 Å². The Morgan fingerprint density at radius 1 is 1.17 bits per heavy atom.